The molecule has 3 heteroatoms. The van der Waals surface area contributed by atoms with E-state index in [0.29, 0.717) is 13.0 Å². The number of Topliss-reactive ketones (excluding diaryl/α,β-unsaturated/α-hetero) is 1. The quantitative estimate of drug-likeness (QED) is 0.129. The molecular formula is C44H38O3. The summed E-state index contributed by atoms with van der Waals surface area (Å²) in [6.07, 6.45) is 0.470. The summed E-state index contributed by atoms with van der Waals surface area (Å²) in [5.74, 6) is -0.0602. The zero-order valence-corrected chi connectivity index (χ0v) is 26.3. The summed E-state index contributed by atoms with van der Waals surface area (Å²) in [6.45, 7) is 0.689. The van der Waals surface area contributed by atoms with Crippen LogP contribution in [0.3, 0.4) is 0 Å². The van der Waals surface area contributed by atoms with Crippen LogP contribution in [0.4, 0.5) is 0 Å². The number of hydrogen-bond acceptors (Lipinski definition) is 3. The number of rotatable bonds is 12. The third-order valence-electron chi connectivity index (χ3n) is 9.52. The highest BCUT2D eigenvalue weighted by molar-refractivity contribution is 5.87. The van der Waals surface area contributed by atoms with Crippen LogP contribution in [0.2, 0.25) is 0 Å². The summed E-state index contributed by atoms with van der Waals surface area (Å²) in [5, 5.41) is 0. The van der Waals surface area contributed by atoms with Gasteiger partial charge in [0.2, 0.25) is 0 Å². The summed E-state index contributed by atoms with van der Waals surface area (Å²) in [6, 6.07) is 62.1. The molecule has 6 aromatic rings. The Morgan fingerprint density at radius 3 is 0.915 bits per heavy atom. The summed E-state index contributed by atoms with van der Waals surface area (Å²) < 4.78 is 14.3. The number of ketones is 1. The Labute approximate surface area is 277 Å². The predicted molar refractivity (Wildman–Crippen MR) is 187 cm³/mol. The van der Waals surface area contributed by atoms with Crippen molar-refractivity contribution < 1.29 is 14.3 Å². The fraction of sp³-hybridized carbons (Fsp3) is 0.159. The highest BCUT2D eigenvalue weighted by Crippen LogP contribution is 2.45. The van der Waals surface area contributed by atoms with E-state index in [1.807, 2.05) is 72.8 Å². The Morgan fingerprint density at radius 2 is 0.660 bits per heavy atom. The molecule has 7 rings (SSSR count). The van der Waals surface area contributed by atoms with Crippen LogP contribution in [-0.4, -0.2) is 19.0 Å². The van der Waals surface area contributed by atoms with Crippen molar-refractivity contribution in [3.63, 3.8) is 0 Å². The second-order valence-corrected chi connectivity index (χ2v) is 12.2. The number of carbonyl (C=O) groups is 1. The maximum atomic E-state index is 13.4. The SMILES string of the molecule is O=C1C[C@H](COC(c2ccccc2)(c2ccccc2)c2ccccc2)[C@H]1COC(c1ccccc1)(c1ccccc1)c1ccccc1. The number of carbonyl (C=O) groups excluding carboxylic acids is 1. The van der Waals surface area contributed by atoms with Crippen LogP contribution >= 0.6 is 0 Å². The van der Waals surface area contributed by atoms with Gasteiger partial charge in [-0.15, -0.1) is 0 Å². The molecule has 0 amide bonds. The molecule has 1 fully saturated rings. The maximum Gasteiger partial charge on any atom is 0.143 e. The van der Waals surface area contributed by atoms with Crippen molar-refractivity contribution in [2.45, 2.75) is 17.6 Å². The highest BCUT2D eigenvalue weighted by Gasteiger charge is 2.46. The van der Waals surface area contributed by atoms with Gasteiger partial charge in [-0.25, -0.2) is 0 Å². The summed E-state index contributed by atoms with van der Waals surface area (Å²) >= 11 is 0. The molecule has 0 bridgehead atoms. The summed E-state index contributed by atoms with van der Waals surface area (Å²) in [4.78, 5) is 13.4. The normalized spacial score (nSPS) is 16.4. The van der Waals surface area contributed by atoms with E-state index in [-0.39, 0.29) is 24.2 Å². The molecule has 0 spiro atoms. The Kier molecular flexibility index (Phi) is 8.92. The molecule has 0 unspecified atom stereocenters. The van der Waals surface area contributed by atoms with E-state index in [2.05, 4.69) is 109 Å². The first-order valence-corrected chi connectivity index (χ1v) is 16.4. The molecular weight excluding hydrogens is 576 g/mol. The van der Waals surface area contributed by atoms with Gasteiger partial charge in [0.15, 0.2) is 0 Å². The second kappa shape index (κ2) is 13.7. The van der Waals surface area contributed by atoms with Crippen molar-refractivity contribution in [3.05, 3.63) is 215 Å². The van der Waals surface area contributed by atoms with Gasteiger partial charge in [0.25, 0.3) is 0 Å². The van der Waals surface area contributed by atoms with Gasteiger partial charge in [-0.05, 0) is 33.4 Å². The number of benzene rings is 6. The molecule has 1 aliphatic carbocycles. The molecule has 0 heterocycles. The fourth-order valence-electron chi connectivity index (χ4n) is 7.04. The molecule has 47 heavy (non-hydrogen) atoms. The van der Waals surface area contributed by atoms with Crippen molar-refractivity contribution in [1.82, 2.24) is 0 Å². The van der Waals surface area contributed by atoms with E-state index < -0.39 is 11.2 Å². The average molecular weight is 615 g/mol. The minimum atomic E-state index is -0.882. The topological polar surface area (TPSA) is 35.5 Å². The van der Waals surface area contributed by atoms with E-state index in [1.54, 1.807) is 0 Å². The molecule has 0 saturated heterocycles. The standard InChI is InChI=1S/C44H38O3/c45-42-31-34(32-46-43(35-19-7-1-8-20-35,36-21-9-2-10-22-36)37-23-11-3-12-24-37)41(42)33-47-44(38-25-13-4-14-26-38,39-27-15-5-16-28-39)40-29-17-6-18-30-40/h1-30,34,41H,31-33H2/t34-,41-/m1/s1. The van der Waals surface area contributed by atoms with E-state index in [0.717, 1.165) is 33.4 Å². The lowest BCUT2D eigenvalue weighted by atomic mass is 9.72. The second-order valence-electron chi connectivity index (χ2n) is 12.2. The molecule has 0 aromatic heterocycles. The van der Waals surface area contributed by atoms with Crippen molar-refractivity contribution in [2.24, 2.45) is 11.8 Å². The van der Waals surface area contributed by atoms with Crippen LogP contribution in [0.1, 0.15) is 39.8 Å². The van der Waals surface area contributed by atoms with Gasteiger partial charge in [-0.1, -0.05) is 182 Å². The first kappa shape index (κ1) is 30.6. The molecule has 232 valence electrons. The first-order valence-electron chi connectivity index (χ1n) is 16.4. The summed E-state index contributed by atoms with van der Waals surface area (Å²) in [5.41, 5.74) is 4.49. The number of ether oxygens (including phenoxy) is 2. The van der Waals surface area contributed by atoms with E-state index in [1.165, 1.54) is 0 Å². The zero-order valence-electron chi connectivity index (χ0n) is 26.3. The van der Waals surface area contributed by atoms with Crippen molar-refractivity contribution in [1.29, 1.82) is 0 Å². The molecule has 3 nitrogen and oxygen atoms in total. The van der Waals surface area contributed by atoms with Crippen LogP contribution in [0.15, 0.2) is 182 Å². The van der Waals surface area contributed by atoms with Crippen LogP contribution in [0, 0.1) is 11.8 Å². The molecule has 2 atom stereocenters. The number of hydrogen-bond donors (Lipinski definition) is 0. The Bertz CT molecular complexity index is 1670. The van der Waals surface area contributed by atoms with Crippen molar-refractivity contribution in [2.75, 3.05) is 13.2 Å². The molecule has 1 saturated carbocycles. The monoisotopic (exact) mass is 614 g/mol. The Balaban J connectivity index is 1.22. The van der Waals surface area contributed by atoms with Gasteiger partial charge < -0.3 is 9.47 Å². The van der Waals surface area contributed by atoms with E-state index >= 15 is 0 Å². The van der Waals surface area contributed by atoms with Crippen molar-refractivity contribution >= 4 is 5.78 Å². The lowest BCUT2D eigenvalue weighted by molar-refractivity contribution is -0.147. The van der Waals surface area contributed by atoms with E-state index in [9.17, 15) is 4.79 Å². The molecule has 0 N–H and O–H groups in total. The highest BCUT2D eigenvalue weighted by atomic mass is 16.5. The van der Waals surface area contributed by atoms with Gasteiger partial charge in [-0.2, -0.15) is 0 Å². The Morgan fingerprint density at radius 1 is 0.404 bits per heavy atom. The van der Waals surface area contributed by atoms with E-state index in [4.69, 9.17) is 9.47 Å². The van der Waals surface area contributed by atoms with Gasteiger partial charge in [0, 0.05) is 18.3 Å². The van der Waals surface area contributed by atoms with Crippen LogP contribution in [-0.2, 0) is 25.5 Å². The average Bonchev–Trinajstić information content (AvgIpc) is 3.15. The van der Waals surface area contributed by atoms with Crippen LogP contribution in [0.25, 0.3) is 0 Å². The first-order chi connectivity index (χ1) is 23.2. The molecule has 0 radical (unpaired) electrons. The predicted octanol–water partition coefficient (Wildman–Crippen LogP) is 9.21. The van der Waals surface area contributed by atoms with Gasteiger partial charge in [0.1, 0.15) is 17.0 Å². The largest absolute Gasteiger partial charge is 0.361 e. The van der Waals surface area contributed by atoms with Gasteiger partial charge in [0.05, 0.1) is 13.2 Å². The van der Waals surface area contributed by atoms with Gasteiger partial charge in [-0.3, -0.25) is 4.79 Å². The minimum absolute atomic E-state index is 0.0121. The smallest absolute Gasteiger partial charge is 0.143 e. The Hall–Kier alpha value is -5.09. The van der Waals surface area contributed by atoms with Crippen molar-refractivity contribution in [3.8, 4) is 0 Å². The lowest BCUT2D eigenvalue weighted by Gasteiger charge is -2.43. The fourth-order valence-corrected chi connectivity index (χ4v) is 7.04. The van der Waals surface area contributed by atoms with Gasteiger partial charge >= 0.3 is 0 Å². The molecule has 6 aromatic carbocycles. The van der Waals surface area contributed by atoms with Crippen LogP contribution < -0.4 is 0 Å². The zero-order chi connectivity index (χ0) is 31.9. The maximum absolute atomic E-state index is 13.4. The minimum Gasteiger partial charge on any atom is -0.361 e. The lowest BCUT2D eigenvalue weighted by Crippen LogP contribution is -2.47. The summed E-state index contributed by atoms with van der Waals surface area (Å²) in [7, 11) is 0. The molecule has 0 aliphatic heterocycles. The van der Waals surface area contributed by atoms with Crippen LogP contribution in [0.5, 0.6) is 0 Å². The third kappa shape index (κ3) is 5.85. The molecule has 1 aliphatic rings. The third-order valence-corrected chi connectivity index (χ3v) is 9.52.